The monoisotopic (exact) mass is 513 g/mol. The van der Waals surface area contributed by atoms with E-state index in [4.69, 9.17) is 5.73 Å². The molecular formula is C25H23F4N7O. The van der Waals surface area contributed by atoms with Crippen molar-refractivity contribution in [3.63, 3.8) is 0 Å². The maximum absolute atomic E-state index is 13.7. The largest absolute Gasteiger partial charge is 0.435 e. The van der Waals surface area contributed by atoms with Crippen molar-refractivity contribution < 1.29 is 22.4 Å². The zero-order valence-electron chi connectivity index (χ0n) is 19.5. The van der Waals surface area contributed by atoms with E-state index in [0.717, 1.165) is 21.7 Å². The Morgan fingerprint density at radius 2 is 1.95 bits per heavy atom. The second-order valence-corrected chi connectivity index (χ2v) is 8.88. The number of alkyl halides is 4. The average molecular weight is 513 g/mol. The van der Waals surface area contributed by atoms with Crippen LogP contribution in [0.2, 0.25) is 0 Å². The number of nitrogen functional groups attached to an aromatic ring is 1. The van der Waals surface area contributed by atoms with Crippen LogP contribution >= 0.6 is 0 Å². The molecule has 37 heavy (non-hydrogen) atoms. The van der Waals surface area contributed by atoms with Crippen molar-refractivity contribution in [1.29, 1.82) is 0 Å². The smallest absolute Gasteiger partial charge is 0.383 e. The van der Waals surface area contributed by atoms with Gasteiger partial charge < -0.3 is 16.0 Å². The molecule has 0 spiro atoms. The first-order valence-corrected chi connectivity index (χ1v) is 11.6. The minimum Gasteiger partial charge on any atom is -0.383 e. The third kappa shape index (κ3) is 5.32. The van der Waals surface area contributed by atoms with Crippen LogP contribution < -0.4 is 16.0 Å². The fraction of sp³-hybridized carbons (Fsp3) is 0.280. The van der Waals surface area contributed by atoms with Crippen LogP contribution in [0.5, 0.6) is 0 Å². The number of benzene rings is 1. The number of pyridine rings is 2. The van der Waals surface area contributed by atoms with E-state index in [9.17, 15) is 22.4 Å². The van der Waals surface area contributed by atoms with Gasteiger partial charge in [0.15, 0.2) is 5.69 Å². The van der Waals surface area contributed by atoms with Crippen LogP contribution in [-0.2, 0) is 19.3 Å². The third-order valence-corrected chi connectivity index (χ3v) is 6.20. The number of amides is 1. The number of nitrogens with two attached hydrogens (primary N) is 1. The number of nitrogens with zero attached hydrogens (tertiary/aromatic N) is 5. The lowest BCUT2D eigenvalue weighted by atomic mass is 10.1. The molecule has 1 aliphatic rings. The second-order valence-electron chi connectivity index (χ2n) is 8.88. The van der Waals surface area contributed by atoms with Gasteiger partial charge in [0.05, 0.1) is 18.7 Å². The van der Waals surface area contributed by atoms with Gasteiger partial charge in [-0.3, -0.25) is 9.48 Å². The fourth-order valence-corrected chi connectivity index (χ4v) is 4.33. The topological polar surface area (TPSA) is 102 Å². The predicted octanol–water partition coefficient (Wildman–Crippen LogP) is 3.95. The van der Waals surface area contributed by atoms with Gasteiger partial charge in [-0.1, -0.05) is 18.2 Å². The zero-order chi connectivity index (χ0) is 26.2. The molecule has 4 aromatic rings. The lowest BCUT2D eigenvalue weighted by Gasteiger charge is -2.16. The molecule has 1 aromatic carbocycles. The van der Waals surface area contributed by atoms with E-state index in [0.29, 0.717) is 35.7 Å². The first-order chi connectivity index (χ1) is 17.7. The number of aromatic nitrogens is 4. The number of carbonyl (C=O) groups is 1. The number of fused-ring (bicyclic) bond motifs is 1. The molecule has 0 radical (unpaired) electrons. The second kappa shape index (κ2) is 9.68. The van der Waals surface area contributed by atoms with Crippen molar-refractivity contribution in [1.82, 2.24) is 25.1 Å². The molecule has 3 aromatic heterocycles. The molecule has 8 nitrogen and oxygen atoms in total. The van der Waals surface area contributed by atoms with Crippen LogP contribution in [0.4, 0.5) is 29.2 Å². The van der Waals surface area contributed by atoms with Gasteiger partial charge >= 0.3 is 6.18 Å². The van der Waals surface area contributed by atoms with E-state index in [1.54, 1.807) is 42.6 Å². The average Bonchev–Trinajstić information content (AvgIpc) is 3.50. The summed E-state index contributed by atoms with van der Waals surface area (Å²) >= 11 is 0. The quantitative estimate of drug-likeness (QED) is 0.379. The predicted molar refractivity (Wildman–Crippen MR) is 130 cm³/mol. The number of hydrogen-bond donors (Lipinski definition) is 2. The van der Waals surface area contributed by atoms with Crippen LogP contribution in [-0.4, -0.2) is 44.9 Å². The van der Waals surface area contributed by atoms with E-state index in [1.807, 2.05) is 4.90 Å². The highest BCUT2D eigenvalue weighted by Gasteiger charge is 2.39. The fourth-order valence-electron chi connectivity index (χ4n) is 4.33. The summed E-state index contributed by atoms with van der Waals surface area (Å²) < 4.78 is 55.5. The molecule has 3 N–H and O–H groups in total. The summed E-state index contributed by atoms with van der Waals surface area (Å²) in [5.74, 6) is 0.0776. The standard InChI is InChI=1S/C25H23F4N7O/c26-18-6-8-35(13-18)21-4-2-16(11-32-21)12-36-14-20(22(34-36)25(27,28)29)24(37)33-10-15-1-3-19-17(9-15)5-7-31-23(19)30/h1-5,7,9,11,14,18H,6,8,10,12-13H2,(H2,30,31)(H,33,37)/t18-/m1/s1. The van der Waals surface area contributed by atoms with E-state index in [-0.39, 0.29) is 19.6 Å². The van der Waals surface area contributed by atoms with Gasteiger partial charge in [0.1, 0.15) is 17.8 Å². The van der Waals surface area contributed by atoms with Gasteiger partial charge in [-0.05, 0) is 41.1 Å². The van der Waals surface area contributed by atoms with E-state index >= 15 is 0 Å². The Morgan fingerprint density at radius 1 is 1.14 bits per heavy atom. The summed E-state index contributed by atoms with van der Waals surface area (Å²) in [6.45, 7) is 0.824. The lowest BCUT2D eigenvalue weighted by molar-refractivity contribution is -0.141. The van der Waals surface area contributed by atoms with Crippen LogP contribution in [0.25, 0.3) is 10.8 Å². The Bertz CT molecular complexity index is 1440. The van der Waals surface area contributed by atoms with E-state index in [2.05, 4.69) is 20.4 Å². The first kappa shape index (κ1) is 24.5. The summed E-state index contributed by atoms with van der Waals surface area (Å²) in [6.07, 6.45) is -1.13. The molecule has 1 aliphatic heterocycles. The number of anilines is 2. The molecule has 5 rings (SSSR count). The maximum Gasteiger partial charge on any atom is 0.435 e. The Hall–Kier alpha value is -4.22. The molecule has 192 valence electrons. The number of nitrogens with one attached hydrogen (secondary N) is 1. The van der Waals surface area contributed by atoms with E-state index in [1.165, 1.54) is 6.20 Å². The molecule has 4 heterocycles. The molecule has 0 aliphatic carbocycles. The van der Waals surface area contributed by atoms with Crippen LogP contribution in [0.3, 0.4) is 0 Å². The van der Waals surface area contributed by atoms with Gasteiger partial charge in [0.25, 0.3) is 5.91 Å². The normalized spacial score (nSPS) is 15.9. The summed E-state index contributed by atoms with van der Waals surface area (Å²) in [4.78, 5) is 22.9. The SMILES string of the molecule is Nc1nccc2cc(CNC(=O)c3cn(Cc4ccc(N5CC[C@@H](F)C5)nc4)nc3C(F)(F)F)ccc12. The molecule has 1 amide bonds. The minimum absolute atomic E-state index is 0.0150. The zero-order valence-corrected chi connectivity index (χ0v) is 19.5. The van der Waals surface area contributed by atoms with Gasteiger partial charge in [-0.2, -0.15) is 18.3 Å². The van der Waals surface area contributed by atoms with Crippen molar-refractivity contribution in [2.24, 2.45) is 0 Å². The molecule has 1 atom stereocenters. The third-order valence-electron chi connectivity index (χ3n) is 6.20. The van der Waals surface area contributed by atoms with Crippen molar-refractivity contribution >= 4 is 28.3 Å². The molecule has 12 heteroatoms. The number of hydrogen-bond acceptors (Lipinski definition) is 6. The Kier molecular flexibility index (Phi) is 6.40. The van der Waals surface area contributed by atoms with Crippen LogP contribution in [0.1, 0.15) is 33.6 Å². The van der Waals surface area contributed by atoms with Crippen molar-refractivity contribution in [3.05, 3.63) is 77.4 Å². The Labute approximate surface area is 209 Å². The lowest BCUT2D eigenvalue weighted by Crippen LogP contribution is -2.25. The summed E-state index contributed by atoms with van der Waals surface area (Å²) in [7, 11) is 0. The number of rotatable bonds is 6. The summed E-state index contributed by atoms with van der Waals surface area (Å²) in [5.41, 5.74) is 5.29. The van der Waals surface area contributed by atoms with Crippen LogP contribution in [0, 0.1) is 0 Å². The molecular weight excluding hydrogens is 490 g/mol. The summed E-state index contributed by atoms with van der Waals surface area (Å²) in [6, 6.07) is 10.4. The molecule has 1 fully saturated rings. The van der Waals surface area contributed by atoms with E-state index < -0.39 is 29.5 Å². The summed E-state index contributed by atoms with van der Waals surface area (Å²) in [5, 5.41) is 7.72. The van der Waals surface area contributed by atoms with Crippen molar-refractivity contribution in [2.45, 2.75) is 31.9 Å². The van der Waals surface area contributed by atoms with Crippen molar-refractivity contribution in [2.75, 3.05) is 23.7 Å². The first-order valence-electron chi connectivity index (χ1n) is 11.6. The van der Waals surface area contributed by atoms with Crippen LogP contribution in [0.15, 0.2) is 55.0 Å². The van der Waals surface area contributed by atoms with Gasteiger partial charge in [-0.15, -0.1) is 0 Å². The molecule has 0 saturated carbocycles. The molecule has 1 saturated heterocycles. The van der Waals surface area contributed by atoms with Gasteiger partial charge in [0, 0.05) is 37.1 Å². The van der Waals surface area contributed by atoms with Gasteiger partial charge in [0.2, 0.25) is 0 Å². The Morgan fingerprint density at radius 3 is 2.65 bits per heavy atom. The Balaban J connectivity index is 1.30. The highest BCUT2D eigenvalue weighted by atomic mass is 19.4. The highest BCUT2D eigenvalue weighted by molar-refractivity contribution is 5.95. The maximum atomic E-state index is 13.7. The van der Waals surface area contributed by atoms with Crippen molar-refractivity contribution in [3.8, 4) is 0 Å². The van der Waals surface area contributed by atoms with Gasteiger partial charge in [-0.25, -0.2) is 14.4 Å². The number of halogens is 4. The number of carbonyl (C=O) groups excluding carboxylic acids is 1. The molecule has 0 unspecified atom stereocenters. The minimum atomic E-state index is -4.81. The highest BCUT2D eigenvalue weighted by Crippen LogP contribution is 2.31. The molecule has 0 bridgehead atoms.